The Morgan fingerprint density at radius 1 is 1.19 bits per heavy atom. The number of esters is 1. The van der Waals surface area contributed by atoms with E-state index in [1.165, 1.54) is 16.6 Å². The second kappa shape index (κ2) is 10.5. The number of thiophene rings is 1. The smallest absolute Gasteiger partial charge is 0.316 e. The highest BCUT2D eigenvalue weighted by molar-refractivity contribution is 7.99. The molecule has 4 rings (SSSR count). The van der Waals surface area contributed by atoms with Crippen molar-refractivity contribution in [3.63, 3.8) is 0 Å². The van der Waals surface area contributed by atoms with Crippen LogP contribution in [-0.4, -0.2) is 35.0 Å². The van der Waals surface area contributed by atoms with Gasteiger partial charge in [-0.2, -0.15) is 0 Å². The summed E-state index contributed by atoms with van der Waals surface area (Å²) in [6, 6.07) is 7.34. The van der Waals surface area contributed by atoms with E-state index in [1.54, 1.807) is 23.0 Å². The third-order valence-electron chi connectivity index (χ3n) is 5.62. The van der Waals surface area contributed by atoms with E-state index in [0.29, 0.717) is 23.2 Å². The lowest BCUT2D eigenvalue weighted by atomic mass is 9.97. The van der Waals surface area contributed by atoms with Crippen molar-refractivity contribution in [2.75, 3.05) is 19.5 Å². The number of carbonyl (C=O) groups is 1. The average molecular weight is 473 g/mol. The molecular formula is C24H28N2O4S2. The Kier molecular flexibility index (Phi) is 7.52. The predicted molar refractivity (Wildman–Crippen MR) is 130 cm³/mol. The molecule has 3 aromatic rings. The molecule has 32 heavy (non-hydrogen) atoms. The second-order valence-corrected chi connectivity index (χ2v) is 9.87. The Morgan fingerprint density at radius 3 is 2.72 bits per heavy atom. The molecule has 0 atom stereocenters. The zero-order chi connectivity index (χ0) is 22.5. The lowest BCUT2D eigenvalue weighted by molar-refractivity contribution is -0.140. The molecule has 1 aromatic carbocycles. The van der Waals surface area contributed by atoms with Gasteiger partial charge in [0.05, 0.1) is 30.5 Å². The van der Waals surface area contributed by atoms with Gasteiger partial charge < -0.3 is 9.47 Å². The van der Waals surface area contributed by atoms with E-state index in [1.807, 2.05) is 24.3 Å². The van der Waals surface area contributed by atoms with E-state index in [0.717, 1.165) is 60.7 Å². The van der Waals surface area contributed by atoms with Gasteiger partial charge in [0.25, 0.3) is 5.56 Å². The molecule has 0 radical (unpaired) electrons. The molecule has 6 nitrogen and oxygen atoms in total. The highest BCUT2D eigenvalue weighted by Gasteiger charge is 2.23. The molecule has 0 fully saturated rings. The van der Waals surface area contributed by atoms with Crippen LogP contribution in [0.15, 0.2) is 34.2 Å². The summed E-state index contributed by atoms with van der Waals surface area (Å²) in [6.45, 7) is 2.54. The number of aryl methyl sites for hydroxylation is 2. The zero-order valence-electron chi connectivity index (χ0n) is 18.5. The monoisotopic (exact) mass is 472 g/mol. The van der Waals surface area contributed by atoms with E-state index in [4.69, 9.17) is 14.5 Å². The van der Waals surface area contributed by atoms with E-state index in [9.17, 15) is 9.59 Å². The lowest BCUT2D eigenvalue weighted by Gasteiger charge is -2.14. The third-order valence-corrected chi connectivity index (χ3v) is 7.72. The summed E-state index contributed by atoms with van der Waals surface area (Å²) in [5.74, 6) is 0.548. The zero-order valence-corrected chi connectivity index (χ0v) is 20.2. The van der Waals surface area contributed by atoms with Gasteiger partial charge in [-0.15, -0.1) is 11.3 Å². The van der Waals surface area contributed by atoms with E-state index < -0.39 is 0 Å². The van der Waals surface area contributed by atoms with Gasteiger partial charge in [0.15, 0.2) is 5.16 Å². The molecule has 0 unspecified atom stereocenters. The Labute approximate surface area is 196 Å². The van der Waals surface area contributed by atoms with Crippen LogP contribution in [0.2, 0.25) is 0 Å². The van der Waals surface area contributed by atoms with Gasteiger partial charge in [0.2, 0.25) is 0 Å². The van der Waals surface area contributed by atoms with Gasteiger partial charge in [-0.25, -0.2) is 4.98 Å². The molecule has 8 heteroatoms. The van der Waals surface area contributed by atoms with Crippen molar-refractivity contribution in [2.45, 2.75) is 57.0 Å². The summed E-state index contributed by atoms with van der Waals surface area (Å²) in [6.07, 6.45) is 7.16. The highest BCUT2D eigenvalue weighted by atomic mass is 32.2. The molecule has 0 bridgehead atoms. The first kappa shape index (κ1) is 22.9. The first-order valence-corrected chi connectivity index (χ1v) is 12.9. The molecular weight excluding hydrogens is 444 g/mol. The highest BCUT2D eigenvalue weighted by Crippen LogP contribution is 2.35. The topological polar surface area (TPSA) is 70.4 Å². The van der Waals surface area contributed by atoms with Gasteiger partial charge in [0.1, 0.15) is 10.6 Å². The van der Waals surface area contributed by atoms with E-state index in [2.05, 4.69) is 6.92 Å². The minimum absolute atomic E-state index is 0.0709. The average Bonchev–Trinajstić information content (AvgIpc) is 3.19. The molecule has 0 N–H and O–H groups in total. The Balaban J connectivity index is 1.69. The molecule has 0 saturated heterocycles. The number of ether oxygens (including phenoxy) is 2. The number of methoxy groups -OCH3 is 1. The van der Waals surface area contributed by atoms with Crippen LogP contribution in [0.4, 0.5) is 0 Å². The summed E-state index contributed by atoms with van der Waals surface area (Å²) < 4.78 is 12.2. The minimum Gasteiger partial charge on any atom is -0.497 e. The molecule has 170 valence electrons. The molecule has 2 heterocycles. The van der Waals surface area contributed by atoms with E-state index >= 15 is 0 Å². The Bertz CT molecular complexity index is 1150. The number of aromatic nitrogens is 2. The van der Waals surface area contributed by atoms with Crippen molar-refractivity contribution in [1.29, 1.82) is 0 Å². The number of nitrogens with zero attached hydrogens (tertiary/aromatic N) is 2. The summed E-state index contributed by atoms with van der Waals surface area (Å²) in [4.78, 5) is 32.8. The SMILES string of the molecule is CCCCCOC(=O)CSc1nc2sc3c(c2c(=O)n1-c1ccc(OC)cc1)CCCC3. The van der Waals surface area contributed by atoms with Crippen molar-refractivity contribution < 1.29 is 14.3 Å². The maximum atomic E-state index is 13.7. The maximum absolute atomic E-state index is 13.7. The first-order chi connectivity index (χ1) is 15.6. The van der Waals surface area contributed by atoms with E-state index in [-0.39, 0.29) is 17.3 Å². The van der Waals surface area contributed by atoms with Crippen molar-refractivity contribution in [3.05, 3.63) is 45.1 Å². The molecule has 1 aliphatic rings. The predicted octanol–water partition coefficient (Wildman–Crippen LogP) is 5.16. The number of rotatable bonds is 9. The lowest BCUT2D eigenvalue weighted by Crippen LogP contribution is -2.23. The minimum atomic E-state index is -0.285. The Morgan fingerprint density at radius 2 is 1.97 bits per heavy atom. The van der Waals surface area contributed by atoms with Crippen LogP contribution in [0.5, 0.6) is 5.75 Å². The molecule has 0 amide bonds. The molecule has 1 aliphatic carbocycles. The van der Waals surface area contributed by atoms with Gasteiger partial charge in [-0.3, -0.25) is 14.2 Å². The number of hydrogen-bond acceptors (Lipinski definition) is 7. The number of unbranched alkanes of at least 4 members (excludes halogenated alkanes) is 2. The number of thioether (sulfide) groups is 1. The van der Waals surface area contributed by atoms with Gasteiger partial charge in [0, 0.05) is 4.88 Å². The summed E-state index contributed by atoms with van der Waals surface area (Å²) in [5, 5.41) is 1.24. The van der Waals surface area contributed by atoms with Crippen molar-refractivity contribution in [2.24, 2.45) is 0 Å². The van der Waals surface area contributed by atoms with Crippen molar-refractivity contribution in [3.8, 4) is 11.4 Å². The normalized spacial score (nSPS) is 13.2. The molecule has 0 spiro atoms. The number of fused-ring (bicyclic) bond motifs is 3. The van der Waals surface area contributed by atoms with Crippen LogP contribution in [-0.2, 0) is 22.4 Å². The second-order valence-electron chi connectivity index (χ2n) is 7.84. The van der Waals surface area contributed by atoms with Crippen LogP contribution in [0.3, 0.4) is 0 Å². The largest absolute Gasteiger partial charge is 0.497 e. The van der Waals surface area contributed by atoms with Crippen LogP contribution >= 0.6 is 23.1 Å². The first-order valence-electron chi connectivity index (χ1n) is 11.1. The quantitative estimate of drug-likeness (QED) is 0.185. The van der Waals surface area contributed by atoms with Gasteiger partial charge in [-0.1, -0.05) is 31.5 Å². The summed E-state index contributed by atoms with van der Waals surface area (Å²) in [7, 11) is 1.61. The van der Waals surface area contributed by atoms with Crippen LogP contribution in [0.1, 0.15) is 49.5 Å². The van der Waals surface area contributed by atoms with Crippen molar-refractivity contribution >= 4 is 39.3 Å². The van der Waals surface area contributed by atoms with Crippen molar-refractivity contribution in [1.82, 2.24) is 9.55 Å². The van der Waals surface area contributed by atoms with Crippen LogP contribution < -0.4 is 10.3 Å². The number of hydrogen-bond donors (Lipinski definition) is 0. The fraction of sp³-hybridized carbons (Fsp3) is 0.458. The van der Waals surface area contributed by atoms with Crippen LogP contribution in [0, 0.1) is 0 Å². The summed E-state index contributed by atoms with van der Waals surface area (Å²) >= 11 is 2.87. The van der Waals surface area contributed by atoms with Gasteiger partial charge in [-0.05, 0) is 61.9 Å². The summed E-state index contributed by atoms with van der Waals surface area (Å²) in [5.41, 5.74) is 1.79. The third kappa shape index (κ3) is 4.86. The molecule has 0 aliphatic heterocycles. The fourth-order valence-corrected chi connectivity index (χ4v) is 6.06. The number of carbonyl (C=O) groups excluding carboxylic acids is 1. The van der Waals surface area contributed by atoms with Crippen LogP contribution in [0.25, 0.3) is 15.9 Å². The Hall–Kier alpha value is -2.32. The maximum Gasteiger partial charge on any atom is 0.316 e. The fourth-order valence-electron chi connectivity index (χ4n) is 3.95. The van der Waals surface area contributed by atoms with Gasteiger partial charge >= 0.3 is 5.97 Å². The molecule has 2 aromatic heterocycles. The molecule has 0 saturated carbocycles. The standard InChI is InChI=1S/C24H28N2O4S2/c1-3-4-7-14-30-20(27)15-31-24-25-22-21(18-8-5-6-9-19(18)32-22)23(28)26(24)16-10-12-17(29-2)13-11-16/h10-13H,3-9,14-15H2,1-2H3. The number of benzene rings is 1.